The van der Waals surface area contributed by atoms with Crippen molar-refractivity contribution in [3.05, 3.63) is 35.4 Å². The third-order valence-corrected chi connectivity index (χ3v) is 4.64. The Balaban J connectivity index is 1.50. The third-order valence-electron chi connectivity index (χ3n) is 4.64. The SMILES string of the molecule is NC(=NCc1ccc(CN2CCOCC2)cc1)N1CCCCC1. The summed E-state index contributed by atoms with van der Waals surface area (Å²) in [4.78, 5) is 9.20. The maximum absolute atomic E-state index is 6.11. The van der Waals surface area contributed by atoms with Crippen LogP contribution in [-0.4, -0.2) is 55.2 Å². The summed E-state index contributed by atoms with van der Waals surface area (Å²) in [6.07, 6.45) is 3.77. The molecule has 1 aromatic rings. The van der Waals surface area contributed by atoms with Crippen molar-refractivity contribution in [3.8, 4) is 0 Å². The second-order valence-corrected chi connectivity index (χ2v) is 6.43. The Labute approximate surface area is 139 Å². The zero-order valence-corrected chi connectivity index (χ0v) is 13.9. The first kappa shape index (κ1) is 16.3. The first-order chi connectivity index (χ1) is 11.3. The van der Waals surface area contributed by atoms with Crippen molar-refractivity contribution in [2.45, 2.75) is 32.4 Å². The molecule has 1 aromatic carbocycles. The minimum absolute atomic E-state index is 0.667. The van der Waals surface area contributed by atoms with E-state index in [-0.39, 0.29) is 0 Å². The van der Waals surface area contributed by atoms with E-state index in [1.165, 1.54) is 30.4 Å². The van der Waals surface area contributed by atoms with Crippen molar-refractivity contribution < 1.29 is 4.74 Å². The van der Waals surface area contributed by atoms with Crippen molar-refractivity contribution in [3.63, 3.8) is 0 Å². The van der Waals surface area contributed by atoms with Gasteiger partial charge in [-0.1, -0.05) is 24.3 Å². The molecule has 2 aliphatic heterocycles. The largest absolute Gasteiger partial charge is 0.379 e. The average molecular weight is 316 g/mol. The molecule has 0 aromatic heterocycles. The van der Waals surface area contributed by atoms with Gasteiger partial charge in [0.25, 0.3) is 0 Å². The molecule has 0 saturated carbocycles. The molecule has 2 aliphatic rings. The van der Waals surface area contributed by atoms with Gasteiger partial charge in [0, 0.05) is 32.7 Å². The maximum Gasteiger partial charge on any atom is 0.191 e. The number of guanidine groups is 1. The number of ether oxygens (including phenoxy) is 1. The molecule has 0 atom stereocenters. The lowest BCUT2D eigenvalue weighted by Gasteiger charge is -2.27. The highest BCUT2D eigenvalue weighted by molar-refractivity contribution is 5.78. The summed E-state index contributed by atoms with van der Waals surface area (Å²) in [5, 5.41) is 0. The summed E-state index contributed by atoms with van der Waals surface area (Å²) in [5.41, 5.74) is 8.68. The predicted molar refractivity (Wildman–Crippen MR) is 93.3 cm³/mol. The first-order valence-electron chi connectivity index (χ1n) is 8.74. The number of piperidine rings is 1. The number of likely N-dealkylation sites (tertiary alicyclic amines) is 1. The van der Waals surface area contributed by atoms with E-state index in [1.54, 1.807) is 0 Å². The Hall–Kier alpha value is -1.59. The quantitative estimate of drug-likeness (QED) is 0.680. The zero-order chi connectivity index (χ0) is 15.9. The van der Waals surface area contributed by atoms with E-state index in [9.17, 15) is 0 Å². The summed E-state index contributed by atoms with van der Waals surface area (Å²) < 4.78 is 5.39. The molecule has 3 rings (SSSR count). The van der Waals surface area contributed by atoms with Crippen LogP contribution < -0.4 is 5.73 Å². The molecule has 0 bridgehead atoms. The van der Waals surface area contributed by atoms with Crippen molar-refractivity contribution in [2.75, 3.05) is 39.4 Å². The van der Waals surface area contributed by atoms with Crippen LogP contribution in [0, 0.1) is 0 Å². The number of benzene rings is 1. The second kappa shape index (κ2) is 8.31. The highest BCUT2D eigenvalue weighted by atomic mass is 16.5. The Morgan fingerprint density at radius 2 is 1.61 bits per heavy atom. The number of nitrogens with zero attached hydrogens (tertiary/aromatic N) is 3. The Bertz CT molecular complexity index is 502. The normalized spacial score (nSPS) is 20.7. The number of nitrogens with two attached hydrogens (primary N) is 1. The molecule has 5 heteroatoms. The summed E-state index contributed by atoms with van der Waals surface area (Å²) >= 11 is 0. The van der Waals surface area contributed by atoms with Gasteiger partial charge in [-0.2, -0.15) is 0 Å². The van der Waals surface area contributed by atoms with Gasteiger partial charge < -0.3 is 15.4 Å². The van der Waals surface area contributed by atoms with Gasteiger partial charge in [-0.25, -0.2) is 4.99 Å². The van der Waals surface area contributed by atoms with E-state index in [0.29, 0.717) is 12.5 Å². The fraction of sp³-hybridized carbons (Fsp3) is 0.611. The van der Waals surface area contributed by atoms with E-state index < -0.39 is 0 Å². The van der Waals surface area contributed by atoms with Gasteiger partial charge >= 0.3 is 0 Å². The molecular weight excluding hydrogens is 288 g/mol. The Kier molecular flexibility index (Phi) is 5.88. The average Bonchev–Trinajstić information content (AvgIpc) is 2.62. The molecule has 0 amide bonds. The lowest BCUT2D eigenvalue weighted by Crippen LogP contribution is -2.40. The van der Waals surface area contributed by atoms with Gasteiger partial charge in [0.1, 0.15) is 0 Å². The van der Waals surface area contributed by atoms with Crippen LogP contribution in [0.5, 0.6) is 0 Å². The van der Waals surface area contributed by atoms with Crippen molar-refractivity contribution >= 4 is 5.96 Å². The third kappa shape index (κ3) is 4.94. The molecule has 2 N–H and O–H groups in total. The van der Waals surface area contributed by atoms with E-state index in [0.717, 1.165) is 45.9 Å². The molecule has 0 unspecified atom stereocenters. The topological polar surface area (TPSA) is 54.1 Å². The molecule has 126 valence electrons. The molecule has 23 heavy (non-hydrogen) atoms. The minimum Gasteiger partial charge on any atom is -0.379 e. The van der Waals surface area contributed by atoms with E-state index >= 15 is 0 Å². The van der Waals surface area contributed by atoms with Gasteiger partial charge in [0.2, 0.25) is 0 Å². The summed E-state index contributed by atoms with van der Waals surface area (Å²) in [6.45, 7) is 7.52. The lowest BCUT2D eigenvalue weighted by molar-refractivity contribution is 0.0342. The summed E-state index contributed by atoms with van der Waals surface area (Å²) in [6, 6.07) is 8.75. The number of rotatable bonds is 4. The number of hydrogen-bond acceptors (Lipinski definition) is 3. The van der Waals surface area contributed by atoms with Crippen LogP contribution in [-0.2, 0) is 17.8 Å². The molecule has 2 heterocycles. The maximum atomic E-state index is 6.11. The van der Waals surface area contributed by atoms with E-state index in [1.807, 2.05) is 0 Å². The van der Waals surface area contributed by atoms with Gasteiger partial charge in [0.05, 0.1) is 19.8 Å². The van der Waals surface area contributed by atoms with Crippen LogP contribution in [0.1, 0.15) is 30.4 Å². The van der Waals surface area contributed by atoms with Crippen LogP contribution in [0.25, 0.3) is 0 Å². The van der Waals surface area contributed by atoms with Crippen LogP contribution in [0.15, 0.2) is 29.3 Å². The molecule has 0 aliphatic carbocycles. The highest BCUT2D eigenvalue weighted by Gasteiger charge is 2.12. The lowest BCUT2D eigenvalue weighted by atomic mass is 10.1. The van der Waals surface area contributed by atoms with Gasteiger partial charge in [-0.15, -0.1) is 0 Å². The predicted octanol–water partition coefficient (Wildman–Crippen LogP) is 1.82. The molecule has 0 spiro atoms. The smallest absolute Gasteiger partial charge is 0.191 e. The van der Waals surface area contributed by atoms with Crippen molar-refractivity contribution in [1.29, 1.82) is 0 Å². The first-order valence-corrected chi connectivity index (χ1v) is 8.74. The number of hydrogen-bond donors (Lipinski definition) is 1. The van der Waals surface area contributed by atoms with E-state index in [2.05, 4.69) is 39.1 Å². The van der Waals surface area contributed by atoms with Gasteiger partial charge in [0.15, 0.2) is 5.96 Å². The fourth-order valence-corrected chi connectivity index (χ4v) is 3.16. The van der Waals surface area contributed by atoms with Gasteiger partial charge in [-0.05, 0) is 30.4 Å². The Morgan fingerprint density at radius 3 is 2.30 bits per heavy atom. The number of aliphatic imine (C=N–C) groups is 1. The summed E-state index contributed by atoms with van der Waals surface area (Å²) in [5.74, 6) is 0.696. The van der Waals surface area contributed by atoms with Crippen LogP contribution in [0.2, 0.25) is 0 Å². The van der Waals surface area contributed by atoms with Gasteiger partial charge in [-0.3, -0.25) is 4.90 Å². The Morgan fingerprint density at radius 1 is 0.957 bits per heavy atom. The summed E-state index contributed by atoms with van der Waals surface area (Å²) in [7, 11) is 0. The van der Waals surface area contributed by atoms with E-state index in [4.69, 9.17) is 10.5 Å². The zero-order valence-electron chi connectivity index (χ0n) is 13.9. The standard InChI is InChI=1S/C18H28N4O/c19-18(22-8-2-1-3-9-22)20-14-16-4-6-17(7-5-16)15-21-10-12-23-13-11-21/h4-7H,1-3,8-15H2,(H2,19,20). The van der Waals surface area contributed by atoms with Crippen molar-refractivity contribution in [1.82, 2.24) is 9.80 Å². The monoisotopic (exact) mass is 316 g/mol. The second-order valence-electron chi connectivity index (χ2n) is 6.43. The molecular formula is C18H28N4O. The molecule has 2 saturated heterocycles. The molecule has 0 radical (unpaired) electrons. The van der Waals surface area contributed by atoms with Crippen LogP contribution in [0.3, 0.4) is 0 Å². The highest BCUT2D eigenvalue weighted by Crippen LogP contribution is 2.11. The van der Waals surface area contributed by atoms with Crippen LogP contribution in [0.4, 0.5) is 0 Å². The van der Waals surface area contributed by atoms with Crippen molar-refractivity contribution in [2.24, 2.45) is 10.7 Å². The molecule has 5 nitrogen and oxygen atoms in total. The molecule has 2 fully saturated rings. The fourth-order valence-electron chi connectivity index (χ4n) is 3.16. The minimum atomic E-state index is 0.667. The number of morpholine rings is 1. The van der Waals surface area contributed by atoms with Crippen LogP contribution >= 0.6 is 0 Å².